The zero-order valence-corrected chi connectivity index (χ0v) is 16.1. The smallest absolute Gasteiger partial charge is 0.235 e. The van der Waals surface area contributed by atoms with Crippen LogP contribution in [0.2, 0.25) is 0 Å². The summed E-state index contributed by atoms with van der Waals surface area (Å²) in [4.78, 5) is 16.0. The van der Waals surface area contributed by atoms with E-state index in [1.807, 2.05) is 0 Å². The number of methoxy groups -OCH3 is 1. The fourth-order valence-corrected chi connectivity index (χ4v) is 2.96. The van der Waals surface area contributed by atoms with E-state index in [0.717, 1.165) is 21.9 Å². The first-order valence-corrected chi connectivity index (χ1v) is 10.1. The first-order valence-electron chi connectivity index (χ1n) is 8.26. The van der Waals surface area contributed by atoms with Gasteiger partial charge in [0, 0.05) is 18.9 Å². The molecule has 1 amide bonds. The Hall–Kier alpha value is -2.65. The molecular formula is C18H23N3O5S. The zero-order chi connectivity index (χ0) is 19.7. The summed E-state index contributed by atoms with van der Waals surface area (Å²) in [7, 11) is -1.95. The van der Waals surface area contributed by atoms with Crippen molar-refractivity contribution < 1.29 is 22.7 Å². The van der Waals surface area contributed by atoms with E-state index in [2.05, 4.69) is 10.3 Å². The minimum Gasteiger partial charge on any atom is -0.497 e. The summed E-state index contributed by atoms with van der Waals surface area (Å²) in [6.45, 7) is 0.375. The van der Waals surface area contributed by atoms with Gasteiger partial charge in [0.15, 0.2) is 0 Å². The highest BCUT2D eigenvalue weighted by Gasteiger charge is 2.20. The van der Waals surface area contributed by atoms with Gasteiger partial charge in [-0.15, -0.1) is 0 Å². The number of benzene rings is 1. The first kappa shape index (κ1) is 20.7. The lowest BCUT2D eigenvalue weighted by atomic mass is 10.3. The van der Waals surface area contributed by atoms with E-state index in [-0.39, 0.29) is 26.2 Å². The van der Waals surface area contributed by atoms with Gasteiger partial charge in [-0.3, -0.25) is 9.78 Å². The molecule has 1 aromatic carbocycles. The molecule has 1 heterocycles. The van der Waals surface area contributed by atoms with Crippen LogP contribution in [0.1, 0.15) is 5.56 Å². The molecule has 8 nitrogen and oxygen atoms in total. The molecule has 2 rings (SSSR count). The highest BCUT2D eigenvalue weighted by atomic mass is 32.2. The number of hydrogen-bond donors (Lipinski definition) is 1. The standard InChI is InChI=1S/C18H23N3O5S/c1-25-16-3-5-17(6-4-16)26-12-11-20-18(22)14-21(27(2,23)24)13-15-7-9-19-10-8-15/h3-10H,11-14H2,1-2H3,(H,20,22). The summed E-state index contributed by atoms with van der Waals surface area (Å²) in [5.41, 5.74) is 0.756. The van der Waals surface area contributed by atoms with E-state index < -0.39 is 15.9 Å². The Labute approximate surface area is 159 Å². The van der Waals surface area contributed by atoms with Crippen molar-refractivity contribution in [1.82, 2.24) is 14.6 Å². The van der Waals surface area contributed by atoms with Gasteiger partial charge in [-0.25, -0.2) is 8.42 Å². The van der Waals surface area contributed by atoms with Crippen molar-refractivity contribution in [3.05, 3.63) is 54.4 Å². The molecular weight excluding hydrogens is 370 g/mol. The van der Waals surface area contributed by atoms with E-state index in [1.54, 1.807) is 55.9 Å². The van der Waals surface area contributed by atoms with E-state index in [4.69, 9.17) is 9.47 Å². The second-order valence-electron chi connectivity index (χ2n) is 5.76. The Kier molecular flexibility index (Phi) is 7.56. The number of pyridine rings is 1. The van der Waals surface area contributed by atoms with Gasteiger partial charge in [-0.1, -0.05) is 0 Å². The average molecular weight is 393 g/mol. The third kappa shape index (κ3) is 7.24. The third-order valence-corrected chi connectivity index (χ3v) is 4.85. The monoisotopic (exact) mass is 393 g/mol. The second-order valence-corrected chi connectivity index (χ2v) is 7.74. The maximum Gasteiger partial charge on any atom is 0.235 e. The predicted molar refractivity (Wildman–Crippen MR) is 101 cm³/mol. The van der Waals surface area contributed by atoms with Crippen molar-refractivity contribution in [2.24, 2.45) is 0 Å². The molecule has 0 aliphatic heterocycles. The number of amides is 1. The van der Waals surface area contributed by atoms with Crippen molar-refractivity contribution in [3.8, 4) is 11.5 Å². The second kappa shape index (κ2) is 9.89. The van der Waals surface area contributed by atoms with E-state index >= 15 is 0 Å². The van der Waals surface area contributed by atoms with Crippen LogP contribution >= 0.6 is 0 Å². The van der Waals surface area contributed by atoms with Gasteiger partial charge in [0.25, 0.3) is 0 Å². The van der Waals surface area contributed by atoms with Crippen LogP contribution in [0.15, 0.2) is 48.8 Å². The zero-order valence-electron chi connectivity index (χ0n) is 15.3. The van der Waals surface area contributed by atoms with Crippen molar-refractivity contribution in [3.63, 3.8) is 0 Å². The lowest BCUT2D eigenvalue weighted by Gasteiger charge is -2.19. The number of hydrogen-bond acceptors (Lipinski definition) is 6. The lowest BCUT2D eigenvalue weighted by molar-refractivity contribution is -0.121. The van der Waals surface area contributed by atoms with Crippen LogP contribution in [-0.4, -0.2) is 56.7 Å². The minimum atomic E-state index is -3.53. The maximum atomic E-state index is 12.1. The molecule has 0 atom stereocenters. The van der Waals surface area contributed by atoms with Gasteiger partial charge >= 0.3 is 0 Å². The van der Waals surface area contributed by atoms with E-state index in [1.165, 1.54) is 0 Å². The highest BCUT2D eigenvalue weighted by Crippen LogP contribution is 2.16. The molecule has 1 aromatic heterocycles. The van der Waals surface area contributed by atoms with Crippen molar-refractivity contribution in [2.75, 3.05) is 33.1 Å². The average Bonchev–Trinajstić information content (AvgIpc) is 2.65. The number of ether oxygens (including phenoxy) is 2. The normalized spacial score (nSPS) is 11.2. The molecule has 2 aromatic rings. The van der Waals surface area contributed by atoms with Crippen LogP contribution in [0.25, 0.3) is 0 Å². The molecule has 1 N–H and O–H groups in total. The number of carbonyl (C=O) groups is 1. The minimum absolute atomic E-state index is 0.108. The Morgan fingerprint density at radius 3 is 2.33 bits per heavy atom. The molecule has 27 heavy (non-hydrogen) atoms. The molecule has 0 bridgehead atoms. The van der Waals surface area contributed by atoms with Crippen LogP contribution in [-0.2, 0) is 21.4 Å². The van der Waals surface area contributed by atoms with Gasteiger partial charge < -0.3 is 14.8 Å². The van der Waals surface area contributed by atoms with Crippen LogP contribution in [0.3, 0.4) is 0 Å². The Morgan fingerprint density at radius 2 is 1.74 bits per heavy atom. The van der Waals surface area contributed by atoms with Crippen LogP contribution in [0.5, 0.6) is 11.5 Å². The van der Waals surface area contributed by atoms with Crippen LogP contribution in [0.4, 0.5) is 0 Å². The number of carbonyl (C=O) groups excluding carboxylic acids is 1. The maximum absolute atomic E-state index is 12.1. The third-order valence-electron chi connectivity index (χ3n) is 3.65. The molecule has 0 spiro atoms. The fraction of sp³-hybridized carbons (Fsp3) is 0.333. The number of nitrogens with zero attached hydrogens (tertiary/aromatic N) is 2. The molecule has 0 aliphatic rings. The molecule has 9 heteroatoms. The number of aromatic nitrogens is 1. The van der Waals surface area contributed by atoms with E-state index in [9.17, 15) is 13.2 Å². The molecule has 0 unspecified atom stereocenters. The Balaban J connectivity index is 1.79. The van der Waals surface area contributed by atoms with Crippen molar-refractivity contribution in [1.29, 1.82) is 0 Å². The highest BCUT2D eigenvalue weighted by molar-refractivity contribution is 7.88. The lowest BCUT2D eigenvalue weighted by Crippen LogP contribution is -2.40. The summed E-state index contributed by atoms with van der Waals surface area (Å²) in [5, 5.41) is 2.66. The van der Waals surface area contributed by atoms with Gasteiger partial charge in [0.2, 0.25) is 15.9 Å². The number of sulfonamides is 1. The van der Waals surface area contributed by atoms with E-state index in [0.29, 0.717) is 5.75 Å². The Morgan fingerprint density at radius 1 is 1.11 bits per heavy atom. The van der Waals surface area contributed by atoms with Crippen molar-refractivity contribution in [2.45, 2.75) is 6.54 Å². The van der Waals surface area contributed by atoms with Crippen LogP contribution < -0.4 is 14.8 Å². The predicted octanol–water partition coefficient (Wildman–Crippen LogP) is 1.05. The molecule has 0 saturated heterocycles. The van der Waals surface area contributed by atoms with Crippen LogP contribution in [0, 0.1) is 0 Å². The molecule has 0 radical (unpaired) electrons. The first-order chi connectivity index (χ1) is 12.9. The van der Waals surface area contributed by atoms with Crippen molar-refractivity contribution >= 4 is 15.9 Å². The largest absolute Gasteiger partial charge is 0.497 e. The quantitative estimate of drug-likeness (QED) is 0.606. The summed E-state index contributed by atoms with van der Waals surface area (Å²) in [6, 6.07) is 10.5. The van der Waals surface area contributed by atoms with Gasteiger partial charge in [-0.05, 0) is 42.0 Å². The Bertz CT molecular complexity index is 826. The molecule has 0 aliphatic carbocycles. The summed E-state index contributed by atoms with van der Waals surface area (Å²) < 4.78 is 35.6. The fourth-order valence-electron chi connectivity index (χ4n) is 2.23. The molecule has 0 fully saturated rings. The SMILES string of the molecule is COc1ccc(OCCNC(=O)CN(Cc2ccncc2)S(C)(=O)=O)cc1. The molecule has 146 valence electrons. The number of rotatable bonds is 10. The summed E-state index contributed by atoms with van der Waals surface area (Å²) in [6.07, 6.45) is 4.23. The van der Waals surface area contributed by atoms with Gasteiger partial charge in [0.1, 0.15) is 18.1 Å². The summed E-state index contributed by atoms with van der Waals surface area (Å²) >= 11 is 0. The van der Waals surface area contributed by atoms with Gasteiger partial charge in [0.05, 0.1) is 26.5 Å². The van der Waals surface area contributed by atoms with Gasteiger partial charge in [-0.2, -0.15) is 4.31 Å². The summed E-state index contributed by atoms with van der Waals surface area (Å²) in [5.74, 6) is 0.985. The topological polar surface area (TPSA) is 97.8 Å². The molecule has 0 saturated carbocycles. The number of nitrogens with one attached hydrogen (secondary N) is 1.